The molecule has 3 aliphatic rings. The fraction of sp³-hybridized carbons (Fsp3) is 0.567. The molecule has 5 rings (SSSR count). The molecule has 2 aromatic rings. The van der Waals surface area contributed by atoms with Gasteiger partial charge in [0.2, 0.25) is 0 Å². The summed E-state index contributed by atoms with van der Waals surface area (Å²) in [5.41, 5.74) is 3.82. The van der Waals surface area contributed by atoms with Gasteiger partial charge in [0.1, 0.15) is 5.82 Å². The Hall–Kier alpha value is -2.77. The van der Waals surface area contributed by atoms with Crippen LogP contribution in [0.15, 0.2) is 53.9 Å². The SMILES string of the molecule is CC(C)(C)CN1CCC2(CC1)CCN(C(=O)c1ccc(CN(CC3=NC=CC3)Cc3ncc[nH]3)cc1)C2. The number of nitrogens with one attached hydrogen (secondary N) is 1. The summed E-state index contributed by atoms with van der Waals surface area (Å²) in [6, 6.07) is 8.23. The summed E-state index contributed by atoms with van der Waals surface area (Å²) in [6.07, 6.45) is 12.1. The van der Waals surface area contributed by atoms with E-state index in [1.165, 1.54) is 24.1 Å². The summed E-state index contributed by atoms with van der Waals surface area (Å²) >= 11 is 0. The van der Waals surface area contributed by atoms with Crippen molar-refractivity contribution in [2.24, 2.45) is 15.8 Å². The second-order valence-electron chi connectivity index (χ2n) is 12.5. The van der Waals surface area contributed by atoms with Crippen molar-refractivity contribution in [3.8, 4) is 0 Å². The van der Waals surface area contributed by atoms with Crippen LogP contribution >= 0.6 is 0 Å². The Kier molecular flexibility index (Phi) is 7.63. The van der Waals surface area contributed by atoms with Gasteiger partial charge in [-0.1, -0.05) is 39.0 Å². The molecule has 0 bridgehead atoms. The molecule has 1 spiro atoms. The minimum absolute atomic E-state index is 0.180. The van der Waals surface area contributed by atoms with Crippen LogP contribution in [0.25, 0.3) is 0 Å². The summed E-state index contributed by atoms with van der Waals surface area (Å²) in [5, 5.41) is 0. The molecule has 0 unspecified atom stereocenters. The molecule has 1 N–H and O–H groups in total. The third-order valence-corrected chi connectivity index (χ3v) is 8.00. The molecular weight excluding hydrogens is 460 g/mol. The van der Waals surface area contributed by atoms with Gasteiger partial charge < -0.3 is 14.8 Å². The number of aromatic amines is 1. The van der Waals surface area contributed by atoms with Gasteiger partial charge in [-0.25, -0.2) is 4.98 Å². The van der Waals surface area contributed by atoms with Crippen molar-refractivity contribution >= 4 is 11.6 Å². The highest BCUT2D eigenvalue weighted by Gasteiger charge is 2.42. The van der Waals surface area contributed by atoms with E-state index in [0.717, 1.165) is 76.6 Å². The minimum atomic E-state index is 0.180. The molecule has 2 saturated heterocycles. The minimum Gasteiger partial charge on any atom is -0.348 e. The largest absolute Gasteiger partial charge is 0.348 e. The molecule has 7 heteroatoms. The monoisotopic (exact) mass is 502 g/mol. The Labute approximate surface area is 221 Å². The number of nitrogens with zero attached hydrogens (tertiary/aromatic N) is 5. The molecule has 1 amide bonds. The van der Waals surface area contributed by atoms with Crippen LogP contribution in [0.4, 0.5) is 0 Å². The second-order valence-corrected chi connectivity index (χ2v) is 12.5. The number of carbonyl (C=O) groups is 1. The smallest absolute Gasteiger partial charge is 0.253 e. The van der Waals surface area contributed by atoms with Crippen molar-refractivity contribution in [3.63, 3.8) is 0 Å². The molecule has 3 aliphatic heterocycles. The molecule has 4 heterocycles. The number of imidazole rings is 1. The van der Waals surface area contributed by atoms with E-state index in [1.54, 1.807) is 6.20 Å². The number of H-pyrrole nitrogens is 1. The summed E-state index contributed by atoms with van der Waals surface area (Å²) in [7, 11) is 0. The van der Waals surface area contributed by atoms with Gasteiger partial charge in [0.25, 0.3) is 5.91 Å². The molecule has 198 valence electrons. The van der Waals surface area contributed by atoms with E-state index in [4.69, 9.17) is 0 Å². The number of amides is 1. The average molecular weight is 503 g/mol. The fourth-order valence-corrected chi connectivity index (χ4v) is 6.09. The third kappa shape index (κ3) is 6.76. The molecule has 2 fully saturated rings. The van der Waals surface area contributed by atoms with Gasteiger partial charge in [0.05, 0.1) is 6.54 Å². The zero-order chi connectivity index (χ0) is 25.9. The van der Waals surface area contributed by atoms with Crippen molar-refractivity contribution in [1.29, 1.82) is 0 Å². The molecule has 0 aliphatic carbocycles. The number of hydrogen-bond donors (Lipinski definition) is 1. The number of likely N-dealkylation sites (tertiary alicyclic amines) is 2. The van der Waals surface area contributed by atoms with Gasteiger partial charge in [-0.05, 0) is 60.9 Å². The highest BCUT2D eigenvalue weighted by molar-refractivity contribution is 5.94. The number of benzene rings is 1. The average Bonchev–Trinajstić information content (AvgIpc) is 3.64. The van der Waals surface area contributed by atoms with Crippen LogP contribution in [0.3, 0.4) is 0 Å². The maximum atomic E-state index is 13.4. The Morgan fingerprint density at radius 3 is 2.46 bits per heavy atom. The first-order valence-electron chi connectivity index (χ1n) is 13.8. The first kappa shape index (κ1) is 25.9. The summed E-state index contributed by atoms with van der Waals surface area (Å²) in [5.74, 6) is 1.13. The fourth-order valence-electron chi connectivity index (χ4n) is 6.09. The normalized spacial score (nSPS) is 19.8. The predicted octanol–water partition coefficient (Wildman–Crippen LogP) is 4.74. The van der Waals surface area contributed by atoms with E-state index in [0.29, 0.717) is 10.8 Å². The van der Waals surface area contributed by atoms with Gasteiger partial charge in [0.15, 0.2) is 0 Å². The Morgan fingerprint density at radius 1 is 1.05 bits per heavy atom. The summed E-state index contributed by atoms with van der Waals surface area (Å²) in [4.78, 5) is 32.5. The predicted molar refractivity (Wildman–Crippen MR) is 148 cm³/mol. The number of rotatable bonds is 8. The highest BCUT2D eigenvalue weighted by atomic mass is 16.2. The van der Waals surface area contributed by atoms with E-state index in [-0.39, 0.29) is 5.91 Å². The van der Waals surface area contributed by atoms with Gasteiger partial charge in [-0.2, -0.15) is 0 Å². The van der Waals surface area contributed by atoms with E-state index >= 15 is 0 Å². The zero-order valence-corrected chi connectivity index (χ0v) is 22.7. The van der Waals surface area contributed by atoms with Crippen molar-refractivity contribution in [1.82, 2.24) is 24.7 Å². The van der Waals surface area contributed by atoms with Crippen LogP contribution in [-0.2, 0) is 13.1 Å². The highest BCUT2D eigenvalue weighted by Crippen LogP contribution is 2.41. The number of hydrogen-bond acceptors (Lipinski definition) is 5. The maximum Gasteiger partial charge on any atom is 0.253 e. The zero-order valence-electron chi connectivity index (χ0n) is 22.7. The van der Waals surface area contributed by atoms with E-state index in [2.05, 4.69) is 68.6 Å². The number of piperidine rings is 1. The molecule has 1 aromatic carbocycles. The quantitative estimate of drug-likeness (QED) is 0.566. The first-order valence-corrected chi connectivity index (χ1v) is 13.8. The Morgan fingerprint density at radius 2 is 1.81 bits per heavy atom. The van der Waals surface area contributed by atoms with Crippen molar-refractivity contribution in [3.05, 3.63) is 65.9 Å². The molecule has 0 radical (unpaired) electrons. The lowest BCUT2D eigenvalue weighted by Crippen LogP contribution is -2.44. The van der Waals surface area contributed by atoms with Crippen LogP contribution in [0.5, 0.6) is 0 Å². The lowest BCUT2D eigenvalue weighted by atomic mass is 9.77. The lowest BCUT2D eigenvalue weighted by Gasteiger charge is -2.41. The Bertz CT molecular complexity index is 1100. The first-order chi connectivity index (χ1) is 17.8. The van der Waals surface area contributed by atoms with E-state index in [1.807, 2.05) is 24.5 Å². The maximum absolute atomic E-state index is 13.4. The van der Waals surface area contributed by atoms with Crippen molar-refractivity contribution < 1.29 is 4.79 Å². The van der Waals surface area contributed by atoms with Crippen LogP contribution in [-0.4, -0.2) is 75.6 Å². The molecule has 0 saturated carbocycles. The number of carbonyl (C=O) groups excluding carboxylic acids is 1. The van der Waals surface area contributed by atoms with Crippen LogP contribution < -0.4 is 0 Å². The molecular formula is C30H42N6O. The van der Waals surface area contributed by atoms with Crippen molar-refractivity contribution in [2.75, 3.05) is 39.3 Å². The molecule has 0 atom stereocenters. The van der Waals surface area contributed by atoms with E-state index in [9.17, 15) is 4.79 Å². The van der Waals surface area contributed by atoms with Crippen LogP contribution in [0.1, 0.15) is 68.2 Å². The summed E-state index contributed by atoms with van der Waals surface area (Å²) < 4.78 is 0. The topological polar surface area (TPSA) is 67.8 Å². The van der Waals surface area contributed by atoms with E-state index < -0.39 is 0 Å². The summed E-state index contributed by atoms with van der Waals surface area (Å²) in [6.45, 7) is 14.5. The number of aromatic nitrogens is 2. The van der Waals surface area contributed by atoms with Crippen LogP contribution in [0, 0.1) is 10.8 Å². The van der Waals surface area contributed by atoms with Gasteiger partial charge in [-0.3, -0.25) is 14.7 Å². The molecule has 1 aromatic heterocycles. The Balaban J connectivity index is 1.16. The third-order valence-electron chi connectivity index (χ3n) is 8.00. The second kappa shape index (κ2) is 10.9. The van der Waals surface area contributed by atoms with Gasteiger partial charge >= 0.3 is 0 Å². The van der Waals surface area contributed by atoms with Crippen molar-refractivity contribution in [2.45, 2.75) is 59.5 Å². The van der Waals surface area contributed by atoms with Gasteiger partial charge in [-0.15, -0.1) is 0 Å². The molecule has 7 nitrogen and oxygen atoms in total. The molecule has 37 heavy (non-hydrogen) atoms. The number of aliphatic imine (C=N–C) groups is 1. The lowest BCUT2D eigenvalue weighted by molar-refractivity contribution is 0.0674. The van der Waals surface area contributed by atoms with Crippen LogP contribution in [0.2, 0.25) is 0 Å². The van der Waals surface area contributed by atoms with Gasteiger partial charge in [0, 0.05) is 69.0 Å². The standard InChI is InChI=1S/C30H42N6O/c1-29(2,3)22-34-16-10-30(11-17-34)12-18-36(23-30)28(37)25-8-6-24(7-9-25)19-35(20-26-5-4-13-31-26)21-27-32-14-15-33-27/h4,6-9,13-15H,5,10-12,16-23H2,1-3H3,(H,32,33). The number of allylic oxidation sites excluding steroid dienone is 1.